The molecular formula is C15H9BrI2N2O3S. The zero-order chi connectivity index (χ0) is 17.9. The smallest absolute Gasteiger partial charge is 0.335 e. The average Bonchev–Trinajstić information content (AvgIpc) is 2.51. The van der Waals surface area contributed by atoms with Gasteiger partial charge in [-0.1, -0.05) is 0 Å². The van der Waals surface area contributed by atoms with E-state index in [1.54, 1.807) is 18.2 Å². The second-order valence-corrected chi connectivity index (χ2v) is 8.15. The molecule has 0 aliphatic heterocycles. The SMILES string of the molecule is O=C(O)c1ccc(NC(=S)NC(=O)c2cc(I)cc(I)c2Br)cc1. The standard InChI is InChI=1S/C15H9BrI2N2O3S/c16-12-10(5-8(17)6-11(12)18)13(21)20-15(24)19-9-3-1-7(2-4-9)14(22)23/h1-6H,(H,22,23)(H2,19,20,21,24). The Morgan fingerprint density at radius 2 is 1.75 bits per heavy atom. The monoisotopic (exact) mass is 630 g/mol. The summed E-state index contributed by atoms with van der Waals surface area (Å²) in [4.78, 5) is 23.2. The Hall–Kier alpha value is -0.790. The van der Waals surface area contributed by atoms with E-state index in [0.29, 0.717) is 15.7 Å². The Kier molecular flexibility index (Phi) is 6.95. The molecule has 5 nitrogen and oxygen atoms in total. The fourth-order valence-electron chi connectivity index (χ4n) is 1.75. The van der Waals surface area contributed by atoms with Gasteiger partial charge in [-0.3, -0.25) is 10.1 Å². The van der Waals surface area contributed by atoms with Crippen molar-refractivity contribution in [2.75, 3.05) is 5.32 Å². The number of carboxylic acid groups (broad SMARTS) is 1. The van der Waals surface area contributed by atoms with Crippen LogP contribution in [-0.2, 0) is 0 Å². The summed E-state index contributed by atoms with van der Waals surface area (Å²) in [5.41, 5.74) is 1.24. The molecule has 0 saturated carbocycles. The molecule has 9 heteroatoms. The molecule has 0 unspecified atom stereocenters. The fraction of sp³-hybridized carbons (Fsp3) is 0. The first-order chi connectivity index (χ1) is 11.3. The number of carboxylic acids is 1. The number of thiocarbonyl (C=S) groups is 1. The second kappa shape index (κ2) is 8.54. The van der Waals surface area contributed by atoms with Crippen molar-refractivity contribution in [3.63, 3.8) is 0 Å². The maximum absolute atomic E-state index is 12.4. The van der Waals surface area contributed by atoms with Gasteiger partial charge in [0.25, 0.3) is 5.91 Å². The number of hydrogen-bond acceptors (Lipinski definition) is 3. The zero-order valence-electron chi connectivity index (χ0n) is 11.8. The zero-order valence-corrected chi connectivity index (χ0v) is 18.5. The van der Waals surface area contributed by atoms with Crippen LogP contribution in [0.5, 0.6) is 0 Å². The minimum Gasteiger partial charge on any atom is -0.478 e. The number of nitrogens with one attached hydrogen (secondary N) is 2. The molecule has 2 aromatic carbocycles. The van der Waals surface area contributed by atoms with Gasteiger partial charge in [0.2, 0.25) is 0 Å². The second-order valence-electron chi connectivity index (χ2n) is 4.54. The van der Waals surface area contributed by atoms with Crippen molar-refractivity contribution in [2.24, 2.45) is 0 Å². The molecule has 0 fully saturated rings. The number of carbonyl (C=O) groups is 2. The molecule has 0 heterocycles. The largest absolute Gasteiger partial charge is 0.478 e. The molecule has 0 aliphatic carbocycles. The number of benzene rings is 2. The fourth-order valence-corrected chi connectivity index (χ4v) is 4.21. The van der Waals surface area contributed by atoms with E-state index in [-0.39, 0.29) is 16.6 Å². The molecule has 0 bridgehead atoms. The summed E-state index contributed by atoms with van der Waals surface area (Å²) in [5, 5.41) is 14.4. The third kappa shape index (κ3) is 5.10. The quantitative estimate of drug-likeness (QED) is 0.265. The van der Waals surface area contributed by atoms with Gasteiger partial charge in [-0.2, -0.15) is 0 Å². The Bertz CT molecular complexity index is 828. The van der Waals surface area contributed by atoms with Crippen LogP contribution in [0, 0.1) is 7.14 Å². The van der Waals surface area contributed by atoms with E-state index in [4.69, 9.17) is 17.3 Å². The maximum Gasteiger partial charge on any atom is 0.335 e. The van der Waals surface area contributed by atoms with Crippen molar-refractivity contribution in [1.29, 1.82) is 0 Å². The molecule has 0 aliphatic rings. The van der Waals surface area contributed by atoms with Crippen molar-refractivity contribution in [3.05, 3.63) is 59.1 Å². The van der Waals surface area contributed by atoms with Crippen molar-refractivity contribution in [3.8, 4) is 0 Å². The lowest BCUT2D eigenvalue weighted by Crippen LogP contribution is -2.34. The summed E-state index contributed by atoms with van der Waals surface area (Å²) in [5.74, 6) is -1.34. The van der Waals surface area contributed by atoms with Gasteiger partial charge in [-0.05, 0) is 110 Å². The molecule has 0 aromatic heterocycles. The number of aromatic carboxylic acids is 1. The molecule has 2 rings (SSSR count). The summed E-state index contributed by atoms with van der Waals surface area (Å²) < 4.78 is 2.57. The van der Waals surface area contributed by atoms with E-state index in [9.17, 15) is 9.59 Å². The van der Waals surface area contributed by atoms with Crippen LogP contribution in [0.4, 0.5) is 5.69 Å². The molecule has 3 N–H and O–H groups in total. The molecule has 0 atom stereocenters. The number of hydrogen-bond donors (Lipinski definition) is 3. The van der Waals surface area contributed by atoms with Gasteiger partial charge in [0.05, 0.1) is 11.1 Å². The van der Waals surface area contributed by atoms with Crippen LogP contribution in [-0.4, -0.2) is 22.1 Å². The molecule has 124 valence electrons. The highest BCUT2D eigenvalue weighted by Gasteiger charge is 2.15. The van der Waals surface area contributed by atoms with E-state index in [0.717, 1.165) is 7.14 Å². The number of rotatable bonds is 3. The van der Waals surface area contributed by atoms with Crippen LogP contribution < -0.4 is 10.6 Å². The predicted octanol–water partition coefficient (Wildman–Crippen LogP) is 4.48. The van der Waals surface area contributed by atoms with Crippen LogP contribution in [0.2, 0.25) is 0 Å². The van der Waals surface area contributed by atoms with Gasteiger partial charge in [-0.15, -0.1) is 0 Å². The highest BCUT2D eigenvalue weighted by atomic mass is 127. The Morgan fingerprint density at radius 3 is 2.33 bits per heavy atom. The molecule has 2 aromatic rings. The van der Waals surface area contributed by atoms with E-state index in [1.165, 1.54) is 12.1 Å². The van der Waals surface area contributed by atoms with Gasteiger partial charge in [0.15, 0.2) is 5.11 Å². The van der Waals surface area contributed by atoms with Gasteiger partial charge in [0, 0.05) is 17.3 Å². The number of carbonyl (C=O) groups excluding carboxylic acids is 1. The third-order valence-corrected chi connectivity index (χ3v) is 6.13. The lowest BCUT2D eigenvalue weighted by molar-refractivity contribution is 0.0696. The summed E-state index contributed by atoms with van der Waals surface area (Å²) >= 11 is 12.8. The number of halogens is 3. The van der Waals surface area contributed by atoms with E-state index >= 15 is 0 Å². The van der Waals surface area contributed by atoms with Gasteiger partial charge >= 0.3 is 5.97 Å². The first-order valence-corrected chi connectivity index (χ1v) is 9.74. The first kappa shape index (κ1) is 19.5. The van der Waals surface area contributed by atoms with Crippen molar-refractivity contribution < 1.29 is 14.7 Å². The average molecular weight is 631 g/mol. The summed E-state index contributed by atoms with van der Waals surface area (Å²) in [6, 6.07) is 9.76. The van der Waals surface area contributed by atoms with Crippen molar-refractivity contribution >= 4 is 96.0 Å². The molecule has 0 radical (unpaired) electrons. The first-order valence-electron chi connectivity index (χ1n) is 6.38. The highest BCUT2D eigenvalue weighted by Crippen LogP contribution is 2.26. The molecule has 24 heavy (non-hydrogen) atoms. The Morgan fingerprint density at radius 1 is 1.12 bits per heavy atom. The van der Waals surface area contributed by atoms with Crippen LogP contribution >= 0.6 is 73.3 Å². The molecule has 0 spiro atoms. The van der Waals surface area contributed by atoms with Crippen molar-refractivity contribution in [1.82, 2.24) is 5.32 Å². The van der Waals surface area contributed by atoms with Gasteiger partial charge in [0.1, 0.15) is 0 Å². The highest BCUT2D eigenvalue weighted by molar-refractivity contribution is 14.1. The Balaban J connectivity index is 2.07. The minimum atomic E-state index is -1.00. The number of amides is 1. The molecular weight excluding hydrogens is 622 g/mol. The molecule has 0 saturated heterocycles. The maximum atomic E-state index is 12.4. The minimum absolute atomic E-state index is 0.129. The normalized spacial score (nSPS) is 10.1. The van der Waals surface area contributed by atoms with Crippen molar-refractivity contribution in [2.45, 2.75) is 0 Å². The van der Waals surface area contributed by atoms with E-state index in [2.05, 4.69) is 71.7 Å². The van der Waals surface area contributed by atoms with Crippen LogP contribution in [0.25, 0.3) is 0 Å². The van der Waals surface area contributed by atoms with E-state index in [1.807, 2.05) is 6.07 Å². The van der Waals surface area contributed by atoms with Gasteiger partial charge < -0.3 is 10.4 Å². The topological polar surface area (TPSA) is 78.4 Å². The van der Waals surface area contributed by atoms with Crippen LogP contribution in [0.3, 0.4) is 0 Å². The lowest BCUT2D eigenvalue weighted by atomic mass is 10.2. The molecule has 1 amide bonds. The predicted molar refractivity (Wildman–Crippen MR) is 117 cm³/mol. The van der Waals surface area contributed by atoms with E-state index < -0.39 is 5.97 Å². The summed E-state index contributed by atoms with van der Waals surface area (Å²) in [6.45, 7) is 0. The van der Waals surface area contributed by atoms with Crippen LogP contribution in [0.1, 0.15) is 20.7 Å². The summed E-state index contributed by atoms with van der Waals surface area (Å²) in [7, 11) is 0. The Labute approximate surface area is 179 Å². The summed E-state index contributed by atoms with van der Waals surface area (Å²) in [6.07, 6.45) is 0. The van der Waals surface area contributed by atoms with Crippen LogP contribution in [0.15, 0.2) is 40.9 Å². The third-order valence-electron chi connectivity index (χ3n) is 2.85. The van der Waals surface area contributed by atoms with Gasteiger partial charge in [-0.25, -0.2) is 4.79 Å². The number of anilines is 1. The lowest BCUT2D eigenvalue weighted by Gasteiger charge is -2.11.